The maximum atomic E-state index is 10.9. The highest BCUT2D eigenvalue weighted by molar-refractivity contribution is 7.80. The van der Waals surface area contributed by atoms with Crippen molar-refractivity contribution in [1.29, 1.82) is 0 Å². The van der Waals surface area contributed by atoms with Crippen molar-refractivity contribution < 1.29 is 5.11 Å². The molecule has 1 fully saturated rings. The Balaban J connectivity index is 1.57. The van der Waals surface area contributed by atoms with E-state index in [4.69, 9.17) is 23.8 Å². The largest absolute Gasteiger partial charge is 0.506 e. The van der Waals surface area contributed by atoms with Crippen molar-refractivity contribution >= 4 is 45.4 Å². The Kier molecular flexibility index (Phi) is 5.86. The number of pyridine rings is 1. The number of aryl methyl sites for hydroxylation is 1. The fourth-order valence-corrected chi connectivity index (χ4v) is 5.99. The van der Waals surface area contributed by atoms with E-state index in [9.17, 15) is 5.11 Å². The number of aromatic hydroxyl groups is 1. The molecule has 2 aromatic heterocycles. The van der Waals surface area contributed by atoms with Crippen LogP contribution in [0, 0.1) is 13.8 Å². The van der Waals surface area contributed by atoms with Crippen LogP contribution in [0.2, 0.25) is 5.02 Å². The SMILES string of the molecule is Cc1cc([C@@H]2[C@H](c3ccccn3)NC(=S)N2c2cc(Cl)ccc2O)c(C)n1-c1cccc2ccccc12. The summed E-state index contributed by atoms with van der Waals surface area (Å²) in [5, 5.41) is 17.7. The van der Waals surface area contributed by atoms with Gasteiger partial charge < -0.3 is 19.9 Å². The summed E-state index contributed by atoms with van der Waals surface area (Å²) in [7, 11) is 0. The molecule has 3 aromatic carbocycles. The van der Waals surface area contributed by atoms with Crippen LogP contribution in [-0.4, -0.2) is 19.8 Å². The molecule has 1 aliphatic heterocycles. The van der Waals surface area contributed by atoms with Crippen LogP contribution in [-0.2, 0) is 0 Å². The number of anilines is 1. The van der Waals surface area contributed by atoms with Gasteiger partial charge in [0.25, 0.3) is 0 Å². The Bertz CT molecular complexity index is 1640. The molecule has 6 rings (SSSR count). The highest BCUT2D eigenvalue weighted by atomic mass is 35.5. The predicted octanol–water partition coefficient (Wildman–Crippen LogP) is 7.18. The first-order valence-electron chi connectivity index (χ1n) is 12.1. The van der Waals surface area contributed by atoms with Gasteiger partial charge in [0.05, 0.1) is 29.2 Å². The number of aromatic nitrogens is 2. The zero-order valence-corrected chi connectivity index (χ0v) is 22.0. The van der Waals surface area contributed by atoms with E-state index in [-0.39, 0.29) is 17.8 Å². The lowest BCUT2D eigenvalue weighted by Gasteiger charge is -2.29. The van der Waals surface area contributed by atoms with Gasteiger partial charge in [-0.15, -0.1) is 0 Å². The maximum Gasteiger partial charge on any atom is 0.174 e. The monoisotopic (exact) mass is 524 g/mol. The molecule has 1 aliphatic rings. The second kappa shape index (κ2) is 9.21. The molecule has 2 atom stereocenters. The van der Waals surface area contributed by atoms with E-state index in [1.54, 1.807) is 24.4 Å². The molecule has 0 aliphatic carbocycles. The first kappa shape index (κ1) is 23.5. The van der Waals surface area contributed by atoms with Crippen LogP contribution in [0.3, 0.4) is 0 Å². The molecule has 184 valence electrons. The molecule has 1 saturated heterocycles. The van der Waals surface area contributed by atoms with Gasteiger partial charge in [0.1, 0.15) is 5.75 Å². The smallest absolute Gasteiger partial charge is 0.174 e. The minimum Gasteiger partial charge on any atom is -0.506 e. The van der Waals surface area contributed by atoms with Crippen LogP contribution in [0.5, 0.6) is 5.75 Å². The van der Waals surface area contributed by atoms with Crippen LogP contribution in [0.1, 0.15) is 34.7 Å². The Labute approximate surface area is 226 Å². The number of phenols is 1. The van der Waals surface area contributed by atoms with Gasteiger partial charge in [0.15, 0.2) is 5.11 Å². The lowest BCUT2D eigenvalue weighted by Crippen LogP contribution is -2.29. The number of hydrogen-bond donors (Lipinski definition) is 2. The van der Waals surface area contributed by atoms with Crippen LogP contribution >= 0.6 is 23.8 Å². The minimum absolute atomic E-state index is 0.114. The normalized spacial score (nSPS) is 17.4. The fourth-order valence-electron chi connectivity index (χ4n) is 5.48. The first-order chi connectivity index (χ1) is 17.9. The molecule has 2 N–H and O–H groups in total. The summed E-state index contributed by atoms with van der Waals surface area (Å²) in [5.41, 5.74) is 5.85. The lowest BCUT2D eigenvalue weighted by molar-refractivity contribution is 0.472. The van der Waals surface area contributed by atoms with Crippen molar-refractivity contribution in [3.8, 4) is 11.4 Å². The Morgan fingerprint density at radius 2 is 1.70 bits per heavy atom. The summed E-state index contributed by atoms with van der Waals surface area (Å²) in [5.74, 6) is 0.114. The van der Waals surface area contributed by atoms with Gasteiger partial charge in [-0.2, -0.15) is 0 Å². The van der Waals surface area contributed by atoms with E-state index < -0.39 is 0 Å². The number of halogens is 1. The van der Waals surface area contributed by atoms with Gasteiger partial charge in [-0.1, -0.05) is 54.1 Å². The average molecular weight is 525 g/mol. The van der Waals surface area contributed by atoms with Crippen LogP contribution < -0.4 is 10.2 Å². The molecule has 0 bridgehead atoms. The average Bonchev–Trinajstić information content (AvgIpc) is 3.40. The van der Waals surface area contributed by atoms with Crippen molar-refractivity contribution in [2.75, 3.05) is 4.90 Å². The fraction of sp³-hybridized carbons (Fsp3) is 0.133. The Morgan fingerprint density at radius 3 is 2.51 bits per heavy atom. The number of rotatable bonds is 4. The molecule has 3 heterocycles. The summed E-state index contributed by atoms with van der Waals surface area (Å²) in [6.45, 7) is 4.26. The molecule has 5 aromatic rings. The number of fused-ring (bicyclic) bond motifs is 1. The predicted molar refractivity (Wildman–Crippen MR) is 154 cm³/mol. The summed E-state index contributed by atoms with van der Waals surface area (Å²) >= 11 is 12.2. The molecule has 0 saturated carbocycles. The number of nitrogens with zero attached hydrogens (tertiary/aromatic N) is 3. The molecule has 37 heavy (non-hydrogen) atoms. The molecule has 5 nitrogen and oxygen atoms in total. The quantitative estimate of drug-likeness (QED) is 0.244. The molecule has 0 spiro atoms. The molecular weight excluding hydrogens is 500 g/mol. The molecular formula is C30H25ClN4OS. The number of nitrogens with one attached hydrogen (secondary N) is 1. The molecule has 0 amide bonds. The maximum absolute atomic E-state index is 10.9. The van der Waals surface area contributed by atoms with E-state index in [0.29, 0.717) is 15.8 Å². The van der Waals surface area contributed by atoms with Gasteiger partial charge in [-0.05, 0) is 79.5 Å². The highest BCUT2D eigenvalue weighted by Crippen LogP contribution is 2.46. The zero-order chi connectivity index (χ0) is 25.7. The minimum atomic E-state index is -0.262. The molecule has 7 heteroatoms. The van der Waals surface area contributed by atoms with E-state index in [0.717, 1.165) is 28.3 Å². The van der Waals surface area contributed by atoms with Crippen molar-refractivity contribution in [2.45, 2.75) is 25.9 Å². The first-order valence-corrected chi connectivity index (χ1v) is 12.9. The topological polar surface area (TPSA) is 53.3 Å². The highest BCUT2D eigenvalue weighted by Gasteiger charge is 2.43. The van der Waals surface area contributed by atoms with E-state index >= 15 is 0 Å². The van der Waals surface area contributed by atoms with Gasteiger partial charge in [0, 0.05) is 28.0 Å². The van der Waals surface area contributed by atoms with Gasteiger partial charge in [-0.25, -0.2) is 0 Å². The molecule has 0 unspecified atom stereocenters. The Morgan fingerprint density at radius 1 is 0.919 bits per heavy atom. The zero-order valence-electron chi connectivity index (χ0n) is 20.4. The van der Waals surface area contributed by atoms with Gasteiger partial charge in [-0.3, -0.25) is 4.98 Å². The number of thiocarbonyl (C=S) groups is 1. The molecule has 0 radical (unpaired) electrons. The third kappa shape index (κ3) is 3.93. The summed E-state index contributed by atoms with van der Waals surface area (Å²) in [6, 6.07) is 27.4. The number of benzene rings is 3. The third-order valence-electron chi connectivity index (χ3n) is 7.09. The third-order valence-corrected chi connectivity index (χ3v) is 7.64. The summed E-state index contributed by atoms with van der Waals surface area (Å²) in [4.78, 5) is 6.62. The van der Waals surface area contributed by atoms with Crippen molar-refractivity contribution in [2.24, 2.45) is 0 Å². The van der Waals surface area contributed by atoms with Crippen molar-refractivity contribution in [3.05, 3.63) is 119 Å². The Hall–Kier alpha value is -3.87. The number of phenolic OH excluding ortho intramolecular Hbond substituents is 1. The lowest BCUT2D eigenvalue weighted by atomic mass is 9.96. The second-order valence-corrected chi connectivity index (χ2v) is 10.1. The summed E-state index contributed by atoms with van der Waals surface area (Å²) < 4.78 is 2.30. The van der Waals surface area contributed by atoms with Crippen LogP contribution in [0.4, 0.5) is 5.69 Å². The van der Waals surface area contributed by atoms with Crippen LogP contribution in [0.25, 0.3) is 16.5 Å². The van der Waals surface area contributed by atoms with E-state index in [1.807, 2.05) is 23.1 Å². The van der Waals surface area contributed by atoms with Crippen molar-refractivity contribution in [1.82, 2.24) is 14.9 Å². The summed E-state index contributed by atoms with van der Waals surface area (Å²) in [6.07, 6.45) is 1.79. The second-order valence-electron chi connectivity index (χ2n) is 9.29. The van der Waals surface area contributed by atoms with E-state index in [2.05, 4.69) is 77.2 Å². The van der Waals surface area contributed by atoms with Crippen molar-refractivity contribution in [3.63, 3.8) is 0 Å². The van der Waals surface area contributed by atoms with Crippen LogP contribution in [0.15, 0.2) is 91.1 Å². The van der Waals surface area contributed by atoms with E-state index in [1.165, 1.54) is 10.8 Å². The number of hydrogen-bond acceptors (Lipinski definition) is 3. The standard InChI is InChI=1S/C30H25ClN4OS/c1-18-16-23(19(2)34(18)25-12-7-9-20-8-3-4-10-22(20)25)29-28(24-11-5-6-15-32-24)33-30(37)35(29)26-17-21(31)13-14-27(26)36/h3-17,28-29,36H,1-2H3,(H,33,37)/t28-,29+/m0/s1. The van der Waals surface area contributed by atoms with Gasteiger partial charge >= 0.3 is 0 Å². The van der Waals surface area contributed by atoms with Gasteiger partial charge in [0.2, 0.25) is 0 Å².